The van der Waals surface area contributed by atoms with E-state index in [1.807, 2.05) is 0 Å². The summed E-state index contributed by atoms with van der Waals surface area (Å²) in [5.41, 5.74) is 4.83. The van der Waals surface area contributed by atoms with Crippen LogP contribution < -0.4 is 11.1 Å². The van der Waals surface area contributed by atoms with Gasteiger partial charge in [0.05, 0.1) is 11.3 Å². The minimum absolute atomic E-state index is 0.0408. The van der Waals surface area contributed by atoms with Crippen LogP contribution in [0.15, 0.2) is 23.1 Å². The molecule has 1 fully saturated rings. The van der Waals surface area contributed by atoms with Gasteiger partial charge in [0.2, 0.25) is 5.91 Å². The molecule has 1 aromatic rings. The van der Waals surface area contributed by atoms with Crippen molar-refractivity contribution < 1.29 is 18.0 Å². The van der Waals surface area contributed by atoms with Crippen molar-refractivity contribution >= 4 is 23.4 Å². The van der Waals surface area contributed by atoms with Gasteiger partial charge in [-0.05, 0) is 31.0 Å². The number of halogens is 3. The van der Waals surface area contributed by atoms with Gasteiger partial charge in [0, 0.05) is 16.6 Å². The lowest BCUT2D eigenvalue weighted by Gasteiger charge is -2.10. The van der Waals surface area contributed by atoms with E-state index in [-0.39, 0.29) is 23.4 Å². The molecule has 3 nitrogen and oxygen atoms in total. The van der Waals surface area contributed by atoms with Gasteiger partial charge in [0.1, 0.15) is 0 Å². The normalized spacial score (nSPS) is 15.3. The lowest BCUT2D eigenvalue weighted by Crippen LogP contribution is -2.27. The molecule has 0 unspecified atom stereocenters. The Morgan fingerprint density at radius 2 is 2.11 bits per heavy atom. The van der Waals surface area contributed by atoms with Crippen LogP contribution in [-0.2, 0) is 11.0 Å². The Bertz CT molecular complexity index is 486. The van der Waals surface area contributed by atoms with Crippen molar-refractivity contribution in [3.63, 3.8) is 0 Å². The molecule has 1 aliphatic carbocycles. The number of thioether (sulfide) groups is 1. The van der Waals surface area contributed by atoms with Crippen LogP contribution in [0.1, 0.15) is 18.4 Å². The van der Waals surface area contributed by atoms with E-state index in [9.17, 15) is 18.0 Å². The molecule has 0 spiro atoms. The molecule has 1 saturated carbocycles. The fourth-order valence-corrected chi connectivity index (χ4v) is 2.26. The number of carbonyl (C=O) groups excluding carboxylic acids is 1. The van der Waals surface area contributed by atoms with Gasteiger partial charge in [-0.1, -0.05) is 0 Å². The smallest absolute Gasteiger partial charge is 0.398 e. The summed E-state index contributed by atoms with van der Waals surface area (Å²) >= 11 is 1.14. The van der Waals surface area contributed by atoms with Crippen molar-refractivity contribution in [1.29, 1.82) is 0 Å². The first-order chi connectivity index (χ1) is 8.86. The van der Waals surface area contributed by atoms with E-state index in [0.29, 0.717) is 4.90 Å². The van der Waals surface area contributed by atoms with E-state index in [2.05, 4.69) is 5.32 Å². The maximum Gasteiger partial charge on any atom is 0.416 e. The molecule has 0 saturated heterocycles. The third-order valence-electron chi connectivity index (χ3n) is 2.64. The summed E-state index contributed by atoms with van der Waals surface area (Å²) in [5.74, 6) is 0.0401. The number of benzene rings is 1. The molecular formula is C12H13F3N2OS. The van der Waals surface area contributed by atoms with Gasteiger partial charge < -0.3 is 11.1 Å². The molecule has 7 heteroatoms. The molecule has 0 atom stereocenters. The summed E-state index contributed by atoms with van der Waals surface area (Å²) in [6.45, 7) is 0. The highest BCUT2D eigenvalue weighted by molar-refractivity contribution is 8.00. The van der Waals surface area contributed by atoms with Crippen LogP contribution >= 0.6 is 11.8 Å². The Hall–Kier alpha value is -1.37. The Morgan fingerprint density at radius 1 is 1.42 bits per heavy atom. The summed E-state index contributed by atoms with van der Waals surface area (Å²) < 4.78 is 37.3. The first-order valence-electron chi connectivity index (χ1n) is 5.75. The topological polar surface area (TPSA) is 55.1 Å². The molecular weight excluding hydrogens is 277 g/mol. The molecule has 104 valence electrons. The zero-order chi connectivity index (χ0) is 14.0. The van der Waals surface area contributed by atoms with E-state index in [1.54, 1.807) is 0 Å². The molecule has 0 aromatic heterocycles. The minimum atomic E-state index is -4.40. The summed E-state index contributed by atoms with van der Waals surface area (Å²) in [5, 5.41) is 2.80. The standard InChI is InChI=1S/C12H13F3N2OS/c13-12(14,15)7-1-4-10(9(16)5-7)19-6-11(18)17-8-2-3-8/h1,4-5,8H,2-3,6,16H2,(H,17,18). The monoisotopic (exact) mass is 290 g/mol. The van der Waals surface area contributed by atoms with Crippen LogP contribution in [0.4, 0.5) is 18.9 Å². The number of hydrogen-bond acceptors (Lipinski definition) is 3. The first kappa shape index (κ1) is 14.0. The van der Waals surface area contributed by atoms with Crippen LogP contribution in [0.3, 0.4) is 0 Å². The third kappa shape index (κ3) is 4.05. The van der Waals surface area contributed by atoms with Gasteiger partial charge in [0.15, 0.2) is 0 Å². The van der Waals surface area contributed by atoms with E-state index in [4.69, 9.17) is 5.73 Å². The summed E-state index contributed by atoms with van der Waals surface area (Å²) in [6.07, 6.45) is -2.40. The van der Waals surface area contributed by atoms with E-state index < -0.39 is 11.7 Å². The highest BCUT2D eigenvalue weighted by Gasteiger charge is 2.30. The highest BCUT2D eigenvalue weighted by Crippen LogP contribution is 2.34. The lowest BCUT2D eigenvalue weighted by molar-refractivity contribution is -0.137. The lowest BCUT2D eigenvalue weighted by atomic mass is 10.2. The summed E-state index contributed by atoms with van der Waals surface area (Å²) in [6, 6.07) is 3.43. The molecule has 1 amide bonds. The number of nitrogens with one attached hydrogen (secondary N) is 1. The number of nitrogen functional groups attached to an aromatic ring is 1. The number of alkyl halides is 3. The van der Waals surface area contributed by atoms with Crippen LogP contribution in [-0.4, -0.2) is 17.7 Å². The fourth-order valence-electron chi connectivity index (χ4n) is 1.50. The van der Waals surface area contributed by atoms with Crippen LogP contribution in [0, 0.1) is 0 Å². The fraction of sp³-hybridized carbons (Fsp3) is 0.417. The maximum absolute atomic E-state index is 12.4. The van der Waals surface area contributed by atoms with Crippen molar-refractivity contribution in [3.05, 3.63) is 23.8 Å². The van der Waals surface area contributed by atoms with Gasteiger partial charge in [0.25, 0.3) is 0 Å². The van der Waals surface area contributed by atoms with E-state index >= 15 is 0 Å². The number of amides is 1. The molecule has 0 heterocycles. The van der Waals surface area contributed by atoms with Crippen LogP contribution in [0.5, 0.6) is 0 Å². The Labute approximate surface area is 112 Å². The van der Waals surface area contributed by atoms with E-state index in [1.165, 1.54) is 6.07 Å². The second kappa shape index (κ2) is 5.32. The molecule has 3 N–H and O–H groups in total. The minimum Gasteiger partial charge on any atom is -0.398 e. The average molecular weight is 290 g/mol. The number of hydrogen-bond donors (Lipinski definition) is 2. The number of carbonyl (C=O) groups is 1. The Balaban J connectivity index is 1.94. The highest BCUT2D eigenvalue weighted by atomic mass is 32.2. The van der Waals surface area contributed by atoms with Crippen molar-refractivity contribution in [2.24, 2.45) is 0 Å². The quantitative estimate of drug-likeness (QED) is 0.662. The van der Waals surface area contributed by atoms with Crippen molar-refractivity contribution in [2.75, 3.05) is 11.5 Å². The zero-order valence-electron chi connectivity index (χ0n) is 9.96. The first-order valence-corrected chi connectivity index (χ1v) is 6.73. The molecule has 19 heavy (non-hydrogen) atoms. The van der Waals surface area contributed by atoms with Crippen molar-refractivity contribution in [3.8, 4) is 0 Å². The number of nitrogens with two attached hydrogens (primary N) is 1. The van der Waals surface area contributed by atoms with Gasteiger partial charge in [-0.3, -0.25) is 4.79 Å². The van der Waals surface area contributed by atoms with Crippen molar-refractivity contribution in [2.45, 2.75) is 30.0 Å². The van der Waals surface area contributed by atoms with Crippen LogP contribution in [0.25, 0.3) is 0 Å². The average Bonchev–Trinajstić information content (AvgIpc) is 3.10. The maximum atomic E-state index is 12.4. The Kier molecular flexibility index (Phi) is 3.93. The van der Waals surface area contributed by atoms with Gasteiger partial charge in [-0.2, -0.15) is 13.2 Å². The van der Waals surface area contributed by atoms with Gasteiger partial charge >= 0.3 is 6.18 Å². The summed E-state index contributed by atoms with van der Waals surface area (Å²) in [4.78, 5) is 11.9. The predicted octanol–water partition coefficient (Wildman–Crippen LogP) is 2.66. The second-order valence-electron chi connectivity index (χ2n) is 4.38. The number of anilines is 1. The molecule has 1 aliphatic rings. The third-order valence-corrected chi connectivity index (χ3v) is 3.73. The van der Waals surface area contributed by atoms with Gasteiger partial charge in [-0.15, -0.1) is 11.8 Å². The molecule has 1 aromatic carbocycles. The molecule has 0 bridgehead atoms. The zero-order valence-corrected chi connectivity index (χ0v) is 10.8. The molecule has 2 rings (SSSR count). The largest absolute Gasteiger partial charge is 0.416 e. The second-order valence-corrected chi connectivity index (χ2v) is 5.40. The Morgan fingerprint density at radius 3 is 2.63 bits per heavy atom. The number of rotatable bonds is 4. The van der Waals surface area contributed by atoms with Gasteiger partial charge in [-0.25, -0.2) is 0 Å². The van der Waals surface area contributed by atoms with E-state index in [0.717, 1.165) is 36.7 Å². The summed E-state index contributed by atoms with van der Waals surface area (Å²) in [7, 11) is 0. The SMILES string of the molecule is Nc1cc(C(F)(F)F)ccc1SCC(=O)NC1CC1. The predicted molar refractivity (Wildman–Crippen MR) is 67.7 cm³/mol. The van der Waals surface area contributed by atoms with Crippen molar-refractivity contribution in [1.82, 2.24) is 5.32 Å². The molecule has 0 aliphatic heterocycles. The van der Waals surface area contributed by atoms with Crippen LogP contribution in [0.2, 0.25) is 0 Å². The molecule has 0 radical (unpaired) electrons.